The van der Waals surface area contributed by atoms with E-state index in [2.05, 4.69) is 22.6 Å². The van der Waals surface area contributed by atoms with E-state index in [0.717, 1.165) is 21.2 Å². The lowest BCUT2D eigenvalue weighted by Gasteiger charge is -2.56. The average molecular weight is 276 g/mol. The van der Waals surface area contributed by atoms with Gasteiger partial charge in [-0.2, -0.15) is 0 Å². The Morgan fingerprint density at radius 1 is 1.17 bits per heavy atom. The fourth-order valence-electron chi connectivity index (χ4n) is 4.12. The minimum absolute atomic E-state index is 0.766. The van der Waals surface area contributed by atoms with Crippen LogP contribution in [0.25, 0.3) is 0 Å². The predicted molar refractivity (Wildman–Crippen MR) is 59.5 cm³/mol. The van der Waals surface area contributed by atoms with Crippen LogP contribution in [0.15, 0.2) is 0 Å². The normalized spacial score (nSPS) is 57.2. The molecular weight excluding hydrogens is 259 g/mol. The summed E-state index contributed by atoms with van der Waals surface area (Å²) in [4.78, 5) is 0. The molecule has 0 N–H and O–H groups in total. The predicted octanol–water partition coefficient (Wildman–Crippen LogP) is 3.78. The molecule has 0 aromatic heterocycles. The first-order chi connectivity index (χ1) is 5.78. The Hall–Kier alpha value is 0.730. The monoisotopic (exact) mass is 276 g/mol. The Morgan fingerprint density at radius 3 is 2.75 bits per heavy atom. The Balaban J connectivity index is 1.94. The van der Waals surface area contributed by atoms with Gasteiger partial charge in [0.1, 0.15) is 0 Å². The zero-order chi connectivity index (χ0) is 8.18. The van der Waals surface area contributed by atoms with Crippen molar-refractivity contribution in [1.29, 1.82) is 0 Å². The Bertz CT molecular complexity index is 201. The maximum atomic E-state index is 2.81. The Morgan fingerprint density at radius 2 is 2.08 bits per heavy atom. The third-order valence-corrected chi connectivity index (χ3v) is 6.33. The van der Waals surface area contributed by atoms with Crippen LogP contribution in [0.1, 0.15) is 44.9 Å². The van der Waals surface area contributed by atoms with Gasteiger partial charge < -0.3 is 0 Å². The van der Waals surface area contributed by atoms with Gasteiger partial charge in [-0.25, -0.2) is 0 Å². The van der Waals surface area contributed by atoms with Crippen LogP contribution in [0.2, 0.25) is 0 Å². The van der Waals surface area contributed by atoms with Crippen LogP contribution in [0.5, 0.6) is 0 Å². The highest BCUT2D eigenvalue weighted by atomic mass is 127. The molecule has 0 amide bonds. The molecule has 0 aromatic rings. The van der Waals surface area contributed by atoms with E-state index in [-0.39, 0.29) is 0 Å². The van der Waals surface area contributed by atoms with Crippen molar-refractivity contribution in [2.75, 3.05) is 0 Å². The highest BCUT2D eigenvalue weighted by molar-refractivity contribution is 14.1. The first-order valence-electron chi connectivity index (χ1n) is 5.47. The lowest BCUT2D eigenvalue weighted by molar-refractivity contribution is 0.0293. The summed E-state index contributed by atoms with van der Waals surface area (Å²) in [6.45, 7) is 0. The van der Waals surface area contributed by atoms with E-state index in [1.54, 1.807) is 32.1 Å². The van der Waals surface area contributed by atoms with E-state index in [9.17, 15) is 0 Å². The highest BCUT2D eigenvalue weighted by Crippen LogP contribution is 2.60. The topological polar surface area (TPSA) is 0 Å². The number of hydrogen-bond acceptors (Lipinski definition) is 0. The number of fused-ring (bicyclic) bond motifs is 1. The molecule has 4 bridgehead atoms. The van der Waals surface area contributed by atoms with Crippen LogP contribution >= 0.6 is 22.6 Å². The summed E-state index contributed by atoms with van der Waals surface area (Å²) in [6, 6.07) is 0. The summed E-state index contributed by atoms with van der Waals surface area (Å²) in [5.74, 6) is 3.39. The van der Waals surface area contributed by atoms with Crippen molar-refractivity contribution in [2.24, 2.45) is 17.8 Å². The molecule has 12 heavy (non-hydrogen) atoms. The summed E-state index contributed by atoms with van der Waals surface area (Å²) in [5.41, 5.74) is 0. The van der Waals surface area contributed by atoms with Crippen molar-refractivity contribution in [3.8, 4) is 0 Å². The molecule has 4 aliphatic carbocycles. The van der Waals surface area contributed by atoms with Gasteiger partial charge in [-0.1, -0.05) is 41.9 Å². The number of rotatable bonds is 0. The fraction of sp³-hybridized carbons (Fsp3) is 1.00. The van der Waals surface area contributed by atoms with Crippen LogP contribution in [-0.2, 0) is 0 Å². The van der Waals surface area contributed by atoms with E-state index >= 15 is 0 Å². The van der Waals surface area contributed by atoms with E-state index in [0.29, 0.717) is 0 Å². The van der Waals surface area contributed by atoms with Crippen molar-refractivity contribution in [1.82, 2.24) is 0 Å². The molecule has 4 unspecified atom stereocenters. The van der Waals surface area contributed by atoms with Gasteiger partial charge in [-0.3, -0.25) is 0 Å². The molecule has 0 heterocycles. The Kier molecular flexibility index (Phi) is 1.76. The first-order valence-corrected chi connectivity index (χ1v) is 6.55. The number of halogens is 1. The highest BCUT2D eigenvalue weighted by Gasteiger charge is 2.51. The van der Waals surface area contributed by atoms with Gasteiger partial charge in [0.25, 0.3) is 0 Å². The molecule has 0 nitrogen and oxygen atoms in total. The maximum absolute atomic E-state index is 2.81. The second kappa shape index (κ2) is 2.61. The average Bonchev–Trinajstić information content (AvgIpc) is 2.03. The zero-order valence-electron chi connectivity index (χ0n) is 7.56. The van der Waals surface area contributed by atoms with Crippen LogP contribution in [0, 0.1) is 17.8 Å². The summed E-state index contributed by atoms with van der Waals surface area (Å²) in [7, 11) is 0. The van der Waals surface area contributed by atoms with Crippen LogP contribution < -0.4 is 0 Å². The molecule has 68 valence electrons. The summed E-state index contributed by atoms with van der Waals surface area (Å²) in [5, 5.41) is 0. The molecule has 0 radical (unpaired) electrons. The van der Waals surface area contributed by atoms with Crippen LogP contribution in [-0.4, -0.2) is 3.42 Å². The molecule has 0 aliphatic heterocycles. The van der Waals surface area contributed by atoms with Crippen molar-refractivity contribution in [2.45, 2.75) is 48.4 Å². The summed E-state index contributed by atoms with van der Waals surface area (Å²) in [6.07, 6.45) is 10.9. The van der Waals surface area contributed by atoms with Gasteiger partial charge in [0, 0.05) is 3.42 Å². The van der Waals surface area contributed by atoms with Gasteiger partial charge in [0.2, 0.25) is 0 Å². The van der Waals surface area contributed by atoms with Crippen LogP contribution in [0.4, 0.5) is 0 Å². The standard InChI is InChI=1S/C11H17I/c12-11-5-1-2-9-6-8(7-11)3-4-10(9)11/h8-10H,1-7H2. The van der Waals surface area contributed by atoms with E-state index < -0.39 is 0 Å². The smallest absolute Gasteiger partial charge is 0.0255 e. The zero-order valence-corrected chi connectivity index (χ0v) is 9.72. The Labute approximate surface area is 88.6 Å². The molecule has 4 rings (SSSR count). The lowest BCUT2D eigenvalue weighted by atomic mass is 9.55. The molecule has 4 fully saturated rings. The minimum atomic E-state index is 0.766. The molecule has 1 heteroatoms. The lowest BCUT2D eigenvalue weighted by Crippen LogP contribution is -2.50. The van der Waals surface area contributed by atoms with Gasteiger partial charge in [-0.05, 0) is 43.4 Å². The van der Waals surface area contributed by atoms with Crippen molar-refractivity contribution in [3.63, 3.8) is 0 Å². The van der Waals surface area contributed by atoms with Gasteiger partial charge >= 0.3 is 0 Å². The van der Waals surface area contributed by atoms with E-state index in [1.165, 1.54) is 12.8 Å². The van der Waals surface area contributed by atoms with Crippen molar-refractivity contribution < 1.29 is 0 Å². The van der Waals surface area contributed by atoms with Crippen LogP contribution in [0.3, 0.4) is 0 Å². The SMILES string of the molecule is IC12CCCC3CC(CCC31)C2. The van der Waals surface area contributed by atoms with Gasteiger partial charge in [-0.15, -0.1) is 0 Å². The second-order valence-electron chi connectivity index (χ2n) is 5.18. The van der Waals surface area contributed by atoms with E-state index in [4.69, 9.17) is 0 Å². The third-order valence-electron chi connectivity index (χ3n) is 4.55. The first kappa shape index (κ1) is 8.07. The quantitative estimate of drug-likeness (QED) is 0.466. The number of hydrogen-bond donors (Lipinski definition) is 0. The summed E-state index contributed by atoms with van der Waals surface area (Å²) >= 11 is 2.81. The minimum Gasteiger partial charge on any atom is -0.0785 e. The van der Waals surface area contributed by atoms with Gasteiger partial charge in [0.05, 0.1) is 0 Å². The fourth-order valence-corrected chi connectivity index (χ4v) is 5.95. The van der Waals surface area contributed by atoms with Gasteiger partial charge in [0.15, 0.2) is 0 Å². The molecule has 0 saturated heterocycles. The third kappa shape index (κ3) is 1.01. The molecular formula is C11H17I. The second-order valence-corrected chi connectivity index (χ2v) is 7.33. The summed E-state index contributed by atoms with van der Waals surface area (Å²) < 4.78 is 0.766. The number of alkyl halides is 1. The maximum Gasteiger partial charge on any atom is 0.0255 e. The van der Waals surface area contributed by atoms with Crippen molar-refractivity contribution >= 4 is 22.6 Å². The largest absolute Gasteiger partial charge is 0.0785 e. The molecule has 0 spiro atoms. The molecule has 0 aromatic carbocycles. The van der Waals surface area contributed by atoms with E-state index in [1.807, 2.05) is 0 Å². The molecule has 4 aliphatic rings. The molecule has 4 atom stereocenters. The molecule has 4 saturated carbocycles. The van der Waals surface area contributed by atoms with Crippen molar-refractivity contribution in [3.05, 3.63) is 0 Å².